The highest BCUT2D eigenvalue weighted by Gasteiger charge is 2.29. The number of ether oxygens (including phenoxy) is 1. The molecule has 2 heterocycles. The quantitative estimate of drug-likeness (QED) is 0.489. The number of benzene rings is 2. The average Bonchev–Trinajstić information content (AvgIpc) is 3.15. The van der Waals surface area contributed by atoms with Crippen molar-refractivity contribution in [3.8, 4) is 0 Å². The smallest absolute Gasteiger partial charge is 0.317 e. The summed E-state index contributed by atoms with van der Waals surface area (Å²) in [6, 6.07) is 15.4. The molecule has 4 rings (SSSR count). The molecule has 3 aromatic rings. The van der Waals surface area contributed by atoms with Gasteiger partial charge in [0.05, 0.1) is 23.0 Å². The van der Waals surface area contributed by atoms with E-state index in [1.165, 1.54) is 11.8 Å². The number of hydrogen-bond acceptors (Lipinski definition) is 6. The molecule has 0 fully saturated rings. The van der Waals surface area contributed by atoms with Crippen LogP contribution in [0.15, 0.2) is 59.8 Å². The van der Waals surface area contributed by atoms with E-state index < -0.39 is 12.1 Å². The summed E-state index contributed by atoms with van der Waals surface area (Å²) in [7, 11) is 0. The highest BCUT2D eigenvalue weighted by atomic mass is 32.2. The summed E-state index contributed by atoms with van der Waals surface area (Å²) in [5.41, 5.74) is 3.62. The Balaban J connectivity index is 1.33. The van der Waals surface area contributed by atoms with Crippen LogP contribution < -0.4 is 4.90 Å². The summed E-state index contributed by atoms with van der Waals surface area (Å²) in [6.07, 6.45) is 1.62. The topological polar surface area (TPSA) is 72.4 Å². The monoisotopic (exact) mass is 393 g/mol. The predicted octanol–water partition coefficient (Wildman–Crippen LogP) is 3.24. The summed E-state index contributed by atoms with van der Waals surface area (Å²) in [4.78, 5) is 35.4. The highest BCUT2D eigenvalue weighted by molar-refractivity contribution is 7.99. The van der Waals surface area contributed by atoms with E-state index in [1.807, 2.05) is 48.5 Å². The zero-order valence-corrected chi connectivity index (χ0v) is 16.2. The van der Waals surface area contributed by atoms with Gasteiger partial charge in [-0.05, 0) is 37.1 Å². The Bertz CT molecular complexity index is 1040. The van der Waals surface area contributed by atoms with Crippen molar-refractivity contribution < 1.29 is 14.3 Å². The fourth-order valence-electron chi connectivity index (χ4n) is 3.21. The number of aromatic nitrogens is 2. The Morgan fingerprint density at radius 3 is 2.75 bits per heavy atom. The molecular weight excluding hydrogens is 374 g/mol. The number of amides is 1. The fraction of sp³-hybridized carbons (Fsp3) is 0.238. The predicted molar refractivity (Wildman–Crippen MR) is 108 cm³/mol. The summed E-state index contributed by atoms with van der Waals surface area (Å²) in [6.45, 7) is 2.23. The largest absolute Gasteiger partial charge is 0.452 e. The van der Waals surface area contributed by atoms with Crippen LogP contribution in [0.4, 0.5) is 5.69 Å². The fourth-order valence-corrected chi connectivity index (χ4v) is 3.83. The van der Waals surface area contributed by atoms with Crippen molar-refractivity contribution >= 4 is 40.4 Å². The van der Waals surface area contributed by atoms with Crippen LogP contribution in [-0.2, 0) is 20.7 Å². The van der Waals surface area contributed by atoms with E-state index in [2.05, 4.69) is 9.97 Å². The Hall–Kier alpha value is -2.93. The number of hydrogen-bond donors (Lipinski definition) is 0. The lowest BCUT2D eigenvalue weighted by atomic mass is 10.2. The molecule has 6 nitrogen and oxygen atoms in total. The molecule has 0 bridgehead atoms. The Morgan fingerprint density at radius 1 is 1.14 bits per heavy atom. The third-order valence-electron chi connectivity index (χ3n) is 4.57. The Kier molecular flexibility index (Phi) is 5.25. The SMILES string of the molecule is CC(OC(=O)CSc1cnc2ccccc2n1)C(=O)N1CCc2ccccc21. The number of rotatable bonds is 5. The van der Waals surface area contributed by atoms with Gasteiger partial charge in [0.25, 0.3) is 5.91 Å². The maximum Gasteiger partial charge on any atom is 0.317 e. The van der Waals surface area contributed by atoms with Crippen LogP contribution in [0, 0.1) is 0 Å². The van der Waals surface area contributed by atoms with Crippen LogP contribution in [0.5, 0.6) is 0 Å². The number of fused-ring (bicyclic) bond motifs is 2. The zero-order valence-electron chi connectivity index (χ0n) is 15.4. The molecule has 0 saturated heterocycles. The summed E-state index contributed by atoms with van der Waals surface area (Å²) >= 11 is 1.24. The third-order valence-corrected chi connectivity index (χ3v) is 5.45. The van der Waals surface area contributed by atoms with Gasteiger partial charge >= 0.3 is 5.97 Å². The molecule has 2 aromatic carbocycles. The normalized spacial score (nSPS) is 14.0. The number of carbonyl (C=O) groups is 2. The third kappa shape index (κ3) is 3.84. The first-order valence-corrected chi connectivity index (χ1v) is 10.0. The standard InChI is InChI=1S/C21H19N3O3S/c1-14(21(26)24-11-10-15-6-2-5-9-18(15)24)27-20(25)13-28-19-12-22-16-7-3-4-8-17(16)23-19/h2-9,12,14H,10-11,13H2,1H3. The summed E-state index contributed by atoms with van der Waals surface area (Å²) < 4.78 is 5.35. The van der Waals surface area contributed by atoms with Crippen molar-refractivity contribution in [1.29, 1.82) is 0 Å². The van der Waals surface area contributed by atoms with E-state index in [4.69, 9.17) is 4.74 Å². The van der Waals surface area contributed by atoms with E-state index in [0.29, 0.717) is 11.6 Å². The number of carbonyl (C=O) groups excluding carboxylic acids is 2. The van der Waals surface area contributed by atoms with E-state index in [1.54, 1.807) is 18.0 Å². The zero-order chi connectivity index (χ0) is 19.5. The van der Waals surface area contributed by atoms with Crippen LogP contribution in [-0.4, -0.2) is 40.2 Å². The molecule has 1 atom stereocenters. The number of nitrogens with zero attached hydrogens (tertiary/aromatic N) is 3. The van der Waals surface area contributed by atoms with E-state index >= 15 is 0 Å². The minimum absolute atomic E-state index is 0.0707. The molecule has 142 valence electrons. The van der Waals surface area contributed by atoms with Crippen LogP contribution in [0.1, 0.15) is 12.5 Å². The number of thioether (sulfide) groups is 1. The molecule has 1 aliphatic heterocycles. The second-order valence-electron chi connectivity index (χ2n) is 6.49. The van der Waals surface area contributed by atoms with Gasteiger partial charge in [-0.1, -0.05) is 42.1 Å². The van der Waals surface area contributed by atoms with Gasteiger partial charge in [-0.25, -0.2) is 4.98 Å². The average molecular weight is 393 g/mol. The van der Waals surface area contributed by atoms with E-state index in [9.17, 15) is 9.59 Å². The van der Waals surface area contributed by atoms with Gasteiger partial charge in [-0.3, -0.25) is 14.6 Å². The molecule has 0 N–H and O–H groups in total. The van der Waals surface area contributed by atoms with Crippen LogP contribution >= 0.6 is 11.8 Å². The van der Waals surface area contributed by atoms with Crippen LogP contribution in [0.3, 0.4) is 0 Å². The number of anilines is 1. The first-order valence-electron chi connectivity index (χ1n) is 9.05. The number of para-hydroxylation sites is 3. The first-order chi connectivity index (χ1) is 13.6. The van der Waals surface area contributed by atoms with Crippen molar-refractivity contribution in [1.82, 2.24) is 9.97 Å². The van der Waals surface area contributed by atoms with Gasteiger partial charge in [-0.15, -0.1) is 0 Å². The van der Waals surface area contributed by atoms with Gasteiger partial charge in [0.2, 0.25) is 0 Å². The maximum absolute atomic E-state index is 12.7. The van der Waals surface area contributed by atoms with Crippen molar-refractivity contribution in [3.63, 3.8) is 0 Å². The van der Waals surface area contributed by atoms with Gasteiger partial charge in [0.15, 0.2) is 6.10 Å². The Morgan fingerprint density at radius 2 is 1.89 bits per heavy atom. The van der Waals surface area contributed by atoms with Gasteiger partial charge in [-0.2, -0.15) is 0 Å². The van der Waals surface area contributed by atoms with Gasteiger partial charge in [0, 0.05) is 12.2 Å². The molecule has 1 unspecified atom stereocenters. The Labute approximate surface area is 166 Å². The van der Waals surface area contributed by atoms with Crippen molar-refractivity contribution in [2.45, 2.75) is 24.5 Å². The lowest BCUT2D eigenvalue weighted by Crippen LogP contribution is -2.39. The van der Waals surface area contributed by atoms with E-state index in [0.717, 1.165) is 28.7 Å². The molecule has 7 heteroatoms. The molecule has 1 amide bonds. The molecule has 0 saturated carbocycles. The van der Waals surface area contributed by atoms with Crippen molar-refractivity contribution in [2.24, 2.45) is 0 Å². The van der Waals surface area contributed by atoms with Gasteiger partial charge < -0.3 is 9.64 Å². The second kappa shape index (κ2) is 7.98. The lowest BCUT2D eigenvalue weighted by Gasteiger charge is -2.21. The molecule has 1 aliphatic rings. The lowest BCUT2D eigenvalue weighted by molar-refractivity contribution is -0.151. The van der Waals surface area contributed by atoms with E-state index in [-0.39, 0.29) is 11.7 Å². The van der Waals surface area contributed by atoms with Crippen LogP contribution in [0.25, 0.3) is 11.0 Å². The molecule has 0 spiro atoms. The molecule has 0 radical (unpaired) electrons. The molecule has 1 aromatic heterocycles. The highest BCUT2D eigenvalue weighted by Crippen LogP contribution is 2.28. The molecular formula is C21H19N3O3S. The summed E-state index contributed by atoms with van der Waals surface area (Å²) in [5.74, 6) is -0.580. The van der Waals surface area contributed by atoms with Crippen molar-refractivity contribution in [2.75, 3.05) is 17.2 Å². The molecule has 28 heavy (non-hydrogen) atoms. The van der Waals surface area contributed by atoms with Crippen molar-refractivity contribution in [3.05, 3.63) is 60.3 Å². The van der Waals surface area contributed by atoms with Gasteiger partial charge in [0.1, 0.15) is 5.03 Å². The minimum atomic E-state index is -0.832. The minimum Gasteiger partial charge on any atom is -0.452 e. The second-order valence-corrected chi connectivity index (χ2v) is 7.48. The maximum atomic E-state index is 12.7. The van der Waals surface area contributed by atoms with Crippen LogP contribution in [0.2, 0.25) is 0 Å². The summed E-state index contributed by atoms with van der Waals surface area (Å²) in [5, 5.41) is 0.642. The molecule has 0 aliphatic carbocycles. The number of esters is 1. The first kappa shape index (κ1) is 18.4.